The Balaban J connectivity index is 2.04. The molecule has 0 aliphatic heterocycles. The first-order chi connectivity index (χ1) is 12.5. The number of hydrogen-bond donors (Lipinski definition) is 1. The predicted octanol–water partition coefficient (Wildman–Crippen LogP) is 3.15. The number of halogens is 1. The minimum absolute atomic E-state index is 0.0953. The van der Waals surface area contributed by atoms with Crippen molar-refractivity contribution in [3.05, 3.63) is 45.3 Å². The van der Waals surface area contributed by atoms with Crippen LogP contribution in [-0.4, -0.2) is 25.2 Å². The number of thiophene rings is 1. The second-order valence-corrected chi connectivity index (χ2v) is 6.32. The van der Waals surface area contributed by atoms with Gasteiger partial charge in [-0.05, 0) is 19.1 Å². The van der Waals surface area contributed by atoms with Gasteiger partial charge < -0.3 is 19.9 Å². The first-order valence-electron chi connectivity index (χ1n) is 7.49. The number of nitriles is 1. The molecule has 0 fully saturated rings. The van der Waals surface area contributed by atoms with Crippen molar-refractivity contribution in [3.8, 4) is 11.8 Å². The summed E-state index contributed by atoms with van der Waals surface area (Å²) in [6, 6.07) is 8.59. The topological polar surface area (TPSA) is 112 Å². The summed E-state index contributed by atoms with van der Waals surface area (Å²) in [6.45, 7) is 1.16. The minimum atomic E-state index is -0.687. The normalized spacial score (nSPS) is 10.0. The molecular formula is C17H15ClN2O5S. The second kappa shape index (κ2) is 9.08. The largest absolute Gasteiger partial charge is 0.480 e. The molecule has 1 aromatic heterocycles. The maximum atomic E-state index is 12.0. The zero-order valence-electron chi connectivity index (χ0n) is 13.8. The SMILES string of the molecule is CCOC(=O)c1sc(N)c(C#N)c1COC(=O)COc1ccccc1Cl. The lowest BCUT2D eigenvalue weighted by Gasteiger charge is -2.09. The van der Waals surface area contributed by atoms with Gasteiger partial charge in [-0.2, -0.15) is 5.26 Å². The van der Waals surface area contributed by atoms with Crippen molar-refractivity contribution in [1.82, 2.24) is 0 Å². The smallest absolute Gasteiger partial charge is 0.348 e. The molecule has 0 atom stereocenters. The molecule has 0 aliphatic carbocycles. The Labute approximate surface area is 158 Å². The lowest BCUT2D eigenvalue weighted by atomic mass is 10.1. The van der Waals surface area contributed by atoms with E-state index in [-0.39, 0.29) is 40.8 Å². The maximum absolute atomic E-state index is 12.0. The highest BCUT2D eigenvalue weighted by atomic mass is 35.5. The van der Waals surface area contributed by atoms with Gasteiger partial charge >= 0.3 is 11.9 Å². The Kier molecular flexibility index (Phi) is 6.83. The van der Waals surface area contributed by atoms with E-state index in [4.69, 9.17) is 31.5 Å². The molecule has 0 bridgehead atoms. The molecule has 0 spiro atoms. The second-order valence-electron chi connectivity index (χ2n) is 4.86. The van der Waals surface area contributed by atoms with Crippen LogP contribution in [0.2, 0.25) is 5.02 Å². The number of carbonyl (C=O) groups is 2. The molecule has 0 radical (unpaired) electrons. The Hall–Kier alpha value is -2.76. The molecule has 9 heteroatoms. The van der Waals surface area contributed by atoms with Gasteiger partial charge in [-0.25, -0.2) is 9.59 Å². The predicted molar refractivity (Wildman–Crippen MR) is 96.1 cm³/mol. The third-order valence-corrected chi connectivity index (χ3v) is 4.52. The van der Waals surface area contributed by atoms with Crippen molar-refractivity contribution in [2.24, 2.45) is 0 Å². The summed E-state index contributed by atoms with van der Waals surface area (Å²) in [7, 11) is 0. The summed E-state index contributed by atoms with van der Waals surface area (Å²) in [6.07, 6.45) is 0. The Morgan fingerprint density at radius 2 is 2.04 bits per heavy atom. The Morgan fingerprint density at radius 3 is 2.69 bits per heavy atom. The van der Waals surface area contributed by atoms with E-state index in [0.29, 0.717) is 10.8 Å². The number of esters is 2. The number of nitrogen functional groups attached to an aromatic ring is 1. The van der Waals surface area contributed by atoms with Crippen molar-refractivity contribution in [2.45, 2.75) is 13.5 Å². The van der Waals surface area contributed by atoms with Gasteiger partial charge in [0.2, 0.25) is 0 Å². The van der Waals surface area contributed by atoms with E-state index in [1.165, 1.54) is 0 Å². The number of anilines is 1. The fourth-order valence-electron chi connectivity index (χ4n) is 2.00. The molecular weight excluding hydrogens is 380 g/mol. The molecule has 2 N–H and O–H groups in total. The third kappa shape index (κ3) is 4.65. The van der Waals surface area contributed by atoms with Crippen LogP contribution in [0.5, 0.6) is 5.75 Å². The number of nitrogens with zero attached hydrogens (tertiary/aromatic N) is 1. The van der Waals surface area contributed by atoms with Gasteiger partial charge in [-0.15, -0.1) is 11.3 Å². The molecule has 1 aromatic carbocycles. The van der Waals surface area contributed by atoms with Crippen LogP contribution in [0.15, 0.2) is 24.3 Å². The molecule has 0 saturated heterocycles. The van der Waals surface area contributed by atoms with Crippen LogP contribution in [0.4, 0.5) is 5.00 Å². The zero-order valence-corrected chi connectivity index (χ0v) is 15.4. The minimum Gasteiger partial charge on any atom is -0.480 e. The number of hydrogen-bond acceptors (Lipinski definition) is 8. The standard InChI is InChI=1S/C17H15ClN2O5S/c1-2-23-17(22)15-11(10(7-19)16(20)26-15)8-25-14(21)9-24-13-6-4-3-5-12(13)18/h3-6H,2,8-9,20H2,1H3. The van der Waals surface area contributed by atoms with Crippen molar-refractivity contribution in [1.29, 1.82) is 5.26 Å². The molecule has 136 valence electrons. The van der Waals surface area contributed by atoms with Gasteiger partial charge in [0.25, 0.3) is 0 Å². The number of carbonyl (C=O) groups excluding carboxylic acids is 2. The summed E-state index contributed by atoms with van der Waals surface area (Å²) < 4.78 is 15.3. The number of ether oxygens (including phenoxy) is 3. The molecule has 26 heavy (non-hydrogen) atoms. The summed E-state index contributed by atoms with van der Waals surface area (Å²) in [4.78, 5) is 24.0. The number of rotatable bonds is 7. The molecule has 1 heterocycles. The molecule has 0 aliphatic rings. The van der Waals surface area contributed by atoms with Crippen LogP contribution < -0.4 is 10.5 Å². The molecule has 7 nitrogen and oxygen atoms in total. The van der Waals surface area contributed by atoms with E-state index in [1.807, 2.05) is 6.07 Å². The van der Waals surface area contributed by atoms with E-state index in [2.05, 4.69) is 0 Å². The molecule has 2 rings (SSSR count). The average Bonchev–Trinajstić information content (AvgIpc) is 2.95. The van der Waals surface area contributed by atoms with E-state index in [9.17, 15) is 14.9 Å². The fraction of sp³-hybridized carbons (Fsp3) is 0.235. The van der Waals surface area contributed by atoms with Crippen LogP contribution in [0.1, 0.15) is 27.7 Å². The third-order valence-electron chi connectivity index (χ3n) is 3.17. The average molecular weight is 395 g/mol. The quantitative estimate of drug-likeness (QED) is 0.717. The van der Waals surface area contributed by atoms with Gasteiger partial charge in [0, 0.05) is 5.56 Å². The summed E-state index contributed by atoms with van der Waals surface area (Å²) >= 11 is 6.85. The first-order valence-corrected chi connectivity index (χ1v) is 8.68. The highest BCUT2D eigenvalue weighted by molar-refractivity contribution is 7.18. The van der Waals surface area contributed by atoms with Crippen molar-refractivity contribution in [3.63, 3.8) is 0 Å². The van der Waals surface area contributed by atoms with Crippen LogP contribution in [-0.2, 0) is 20.9 Å². The number of benzene rings is 1. The maximum Gasteiger partial charge on any atom is 0.348 e. The highest BCUT2D eigenvalue weighted by Crippen LogP contribution is 2.32. The monoisotopic (exact) mass is 394 g/mol. The highest BCUT2D eigenvalue weighted by Gasteiger charge is 2.24. The number of nitrogens with two attached hydrogens (primary N) is 1. The van der Waals surface area contributed by atoms with Gasteiger partial charge in [-0.3, -0.25) is 0 Å². The molecule has 2 aromatic rings. The zero-order chi connectivity index (χ0) is 19.1. The Bertz CT molecular complexity index is 859. The van der Waals surface area contributed by atoms with Crippen molar-refractivity contribution in [2.75, 3.05) is 18.9 Å². The van der Waals surface area contributed by atoms with Crippen LogP contribution in [0.3, 0.4) is 0 Å². The van der Waals surface area contributed by atoms with Crippen molar-refractivity contribution >= 4 is 39.9 Å². The molecule has 0 unspecified atom stereocenters. The van der Waals surface area contributed by atoms with E-state index < -0.39 is 11.9 Å². The van der Waals surface area contributed by atoms with Crippen LogP contribution in [0.25, 0.3) is 0 Å². The molecule has 0 saturated carbocycles. The van der Waals surface area contributed by atoms with Crippen LogP contribution >= 0.6 is 22.9 Å². The lowest BCUT2D eigenvalue weighted by molar-refractivity contribution is -0.147. The van der Waals surface area contributed by atoms with E-state index >= 15 is 0 Å². The van der Waals surface area contributed by atoms with E-state index in [0.717, 1.165) is 11.3 Å². The van der Waals surface area contributed by atoms with Gasteiger partial charge in [0.1, 0.15) is 28.3 Å². The summed E-state index contributed by atoms with van der Waals surface area (Å²) in [5.74, 6) is -0.965. The first kappa shape index (κ1) is 19.6. The van der Waals surface area contributed by atoms with Crippen molar-refractivity contribution < 1.29 is 23.8 Å². The number of para-hydroxylation sites is 1. The lowest BCUT2D eigenvalue weighted by Crippen LogP contribution is -2.16. The van der Waals surface area contributed by atoms with Gasteiger partial charge in [0.15, 0.2) is 6.61 Å². The summed E-state index contributed by atoms with van der Waals surface area (Å²) in [5, 5.41) is 9.74. The van der Waals surface area contributed by atoms with E-state index in [1.54, 1.807) is 31.2 Å². The fourth-order valence-corrected chi connectivity index (χ4v) is 3.11. The van der Waals surface area contributed by atoms with Crippen LogP contribution in [0, 0.1) is 11.3 Å². The molecule has 0 amide bonds. The van der Waals surface area contributed by atoms with Gasteiger partial charge in [0.05, 0.1) is 17.2 Å². The Morgan fingerprint density at radius 1 is 1.31 bits per heavy atom. The summed E-state index contributed by atoms with van der Waals surface area (Å²) in [5.41, 5.74) is 6.07. The van der Waals surface area contributed by atoms with Gasteiger partial charge in [-0.1, -0.05) is 23.7 Å².